The predicted molar refractivity (Wildman–Crippen MR) is 81.3 cm³/mol. The molecule has 0 aliphatic rings. The van der Waals surface area contributed by atoms with Crippen LogP contribution in [0.1, 0.15) is 13.8 Å². The Balaban J connectivity index is 2.16. The Bertz CT molecular complexity index is 786. The number of ether oxygens (including phenoxy) is 1. The van der Waals surface area contributed by atoms with Crippen LogP contribution in [-0.2, 0) is 0 Å². The lowest BCUT2D eigenvalue weighted by molar-refractivity contribution is 0.222. The fraction of sp³-hybridized carbons (Fsp3) is 0.200. The highest BCUT2D eigenvalue weighted by molar-refractivity contribution is 6.28. The summed E-state index contributed by atoms with van der Waals surface area (Å²) in [6.45, 7) is 3.81. The molecule has 0 spiro atoms. The molecule has 3 aromatic rings. The van der Waals surface area contributed by atoms with Crippen LogP contribution in [0.4, 0.5) is 0 Å². The molecule has 0 saturated carbocycles. The lowest BCUT2D eigenvalue weighted by Crippen LogP contribution is -2.09. The topological polar surface area (TPSA) is 60.8 Å². The van der Waals surface area contributed by atoms with Gasteiger partial charge in [-0.1, -0.05) is 18.2 Å². The van der Waals surface area contributed by atoms with E-state index in [1.165, 1.54) is 0 Å². The first-order chi connectivity index (χ1) is 10.1. The van der Waals surface area contributed by atoms with Crippen molar-refractivity contribution in [3.63, 3.8) is 0 Å². The summed E-state index contributed by atoms with van der Waals surface area (Å²) in [4.78, 5) is 16.7. The van der Waals surface area contributed by atoms with E-state index in [0.717, 1.165) is 16.3 Å². The maximum Gasteiger partial charge on any atom is 0.321 e. The molecular weight excluding hydrogens is 288 g/mol. The molecule has 0 amide bonds. The van der Waals surface area contributed by atoms with Crippen molar-refractivity contribution in [2.75, 3.05) is 0 Å². The van der Waals surface area contributed by atoms with Crippen molar-refractivity contribution in [3.05, 3.63) is 41.9 Å². The normalized spacial score (nSPS) is 11.0. The minimum atomic E-state index is -0.0342. The number of fused-ring (bicyclic) bond motifs is 1. The van der Waals surface area contributed by atoms with Gasteiger partial charge in [0.1, 0.15) is 0 Å². The van der Waals surface area contributed by atoms with E-state index >= 15 is 0 Å². The van der Waals surface area contributed by atoms with Gasteiger partial charge in [0.25, 0.3) is 0 Å². The molecule has 0 aliphatic carbocycles. The Morgan fingerprint density at radius 2 is 1.95 bits per heavy atom. The summed E-state index contributed by atoms with van der Waals surface area (Å²) in [5, 5.41) is 2.13. The highest BCUT2D eigenvalue weighted by Crippen LogP contribution is 2.27. The maximum absolute atomic E-state index is 5.98. The summed E-state index contributed by atoms with van der Waals surface area (Å²) in [5.41, 5.74) is 0.868. The zero-order valence-corrected chi connectivity index (χ0v) is 12.4. The SMILES string of the molecule is CC(C)Oc1nc(Cl)nc(-c2cccc3cnccc23)n1. The molecule has 0 unspecified atom stereocenters. The number of hydrogen-bond donors (Lipinski definition) is 0. The molecule has 21 heavy (non-hydrogen) atoms. The Morgan fingerprint density at radius 3 is 2.76 bits per heavy atom. The number of halogens is 1. The van der Waals surface area contributed by atoms with Crippen LogP contribution in [-0.4, -0.2) is 26.0 Å². The van der Waals surface area contributed by atoms with Gasteiger partial charge in [0, 0.05) is 23.3 Å². The first kappa shape index (κ1) is 13.7. The summed E-state index contributed by atoms with van der Waals surface area (Å²) in [6.07, 6.45) is 3.50. The lowest BCUT2D eigenvalue weighted by Gasteiger charge is -2.10. The monoisotopic (exact) mass is 300 g/mol. The zero-order chi connectivity index (χ0) is 14.8. The molecule has 1 aromatic carbocycles. The van der Waals surface area contributed by atoms with Crippen molar-refractivity contribution in [2.45, 2.75) is 20.0 Å². The van der Waals surface area contributed by atoms with Gasteiger partial charge in [-0.2, -0.15) is 15.0 Å². The van der Waals surface area contributed by atoms with Gasteiger partial charge in [0.05, 0.1) is 6.10 Å². The van der Waals surface area contributed by atoms with Gasteiger partial charge in [0.15, 0.2) is 5.82 Å². The van der Waals surface area contributed by atoms with Crippen LogP contribution in [0, 0.1) is 0 Å². The Morgan fingerprint density at radius 1 is 1.10 bits per heavy atom. The van der Waals surface area contributed by atoms with Crippen LogP contribution in [0.25, 0.3) is 22.2 Å². The average molecular weight is 301 g/mol. The van der Waals surface area contributed by atoms with Crippen LogP contribution in [0.5, 0.6) is 6.01 Å². The van der Waals surface area contributed by atoms with E-state index in [1.807, 2.05) is 38.1 Å². The van der Waals surface area contributed by atoms with E-state index in [-0.39, 0.29) is 17.4 Å². The molecule has 5 nitrogen and oxygen atoms in total. The van der Waals surface area contributed by atoms with Gasteiger partial charge < -0.3 is 4.74 Å². The Kier molecular flexibility index (Phi) is 3.66. The molecule has 3 rings (SSSR count). The van der Waals surface area contributed by atoms with Crippen LogP contribution in [0.3, 0.4) is 0 Å². The summed E-state index contributed by atoms with van der Waals surface area (Å²) in [6, 6.07) is 8.00. The number of pyridine rings is 1. The quantitative estimate of drug-likeness (QED) is 0.740. The van der Waals surface area contributed by atoms with Gasteiger partial charge in [-0.3, -0.25) is 4.98 Å². The van der Waals surface area contributed by atoms with Crippen LogP contribution < -0.4 is 4.74 Å². The van der Waals surface area contributed by atoms with Gasteiger partial charge in [0.2, 0.25) is 5.28 Å². The average Bonchev–Trinajstić information content (AvgIpc) is 2.45. The predicted octanol–water partition coefficient (Wildman–Crippen LogP) is 3.53. The van der Waals surface area contributed by atoms with Crippen molar-refractivity contribution < 1.29 is 4.74 Å². The van der Waals surface area contributed by atoms with Crippen LogP contribution in [0.2, 0.25) is 5.28 Å². The smallest absolute Gasteiger partial charge is 0.321 e. The fourth-order valence-electron chi connectivity index (χ4n) is 2.03. The van der Waals surface area contributed by atoms with Crippen molar-refractivity contribution >= 4 is 22.4 Å². The van der Waals surface area contributed by atoms with Crippen molar-refractivity contribution in [3.8, 4) is 17.4 Å². The minimum absolute atomic E-state index is 0.0342. The first-order valence-electron chi connectivity index (χ1n) is 6.55. The van der Waals surface area contributed by atoms with Gasteiger partial charge >= 0.3 is 6.01 Å². The number of nitrogens with zero attached hydrogens (tertiary/aromatic N) is 4. The van der Waals surface area contributed by atoms with Crippen molar-refractivity contribution in [1.29, 1.82) is 0 Å². The maximum atomic E-state index is 5.98. The third-order valence-electron chi connectivity index (χ3n) is 2.85. The number of aromatic nitrogens is 4. The second kappa shape index (κ2) is 5.61. The molecule has 2 aromatic heterocycles. The summed E-state index contributed by atoms with van der Waals surface area (Å²) < 4.78 is 5.51. The number of hydrogen-bond acceptors (Lipinski definition) is 5. The molecule has 0 bridgehead atoms. The molecule has 0 fully saturated rings. The van der Waals surface area contributed by atoms with Gasteiger partial charge in [-0.25, -0.2) is 0 Å². The number of benzene rings is 1. The third kappa shape index (κ3) is 2.92. The van der Waals surface area contributed by atoms with Gasteiger partial charge in [-0.15, -0.1) is 0 Å². The first-order valence-corrected chi connectivity index (χ1v) is 6.92. The highest BCUT2D eigenvalue weighted by Gasteiger charge is 2.12. The molecule has 0 saturated heterocycles. The largest absolute Gasteiger partial charge is 0.461 e. The van der Waals surface area contributed by atoms with Gasteiger partial charge in [-0.05, 0) is 36.9 Å². The Labute approximate surface area is 127 Å². The molecule has 0 N–H and O–H groups in total. The van der Waals surface area contributed by atoms with E-state index in [4.69, 9.17) is 16.3 Å². The standard InChI is InChI=1S/C15H13ClN4O/c1-9(2)21-15-19-13(18-14(16)20-15)12-5-3-4-10-8-17-7-6-11(10)12/h3-9H,1-2H3. The second-order valence-corrected chi connectivity index (χ2v) is 5.12. The zero-order valence-electron chi connectivity index (χ0n) is 11.6. The van der Waals surface area contributed by atoms with E-state index in [2.05, 4.69) is 19.9 Å². The molecule has 0 radical (unpaired) electrons. The molecule has 0 aliphatic heterocycles. The summed E-state index contributed by atoms with van der Waals surface area (Å²) >= 11 is 5.98. The Hall–Kier alpha value is -2.27. The number of rotatable bonds is 3. The van der Waals surface area contributed by atoms with E-state index in [1.54, 1.807) is 12.4 Å². The van der Waals surface area contributed by atoms with E-state index in [9.17, 15) is 0 Å². The highest BCUT2D eigenvalue weighted by atomic mass is 35.5. The molecule has 106 valence electrons. The third-order valence-corrected chi connectivity index (χ3v) is 3.02. The van der Waals surface area contributed by atoms with E-state index < -0.39 is 0 Å². The van der Waals surface area contributed by atoms with Crippen LogP contribution in [0.15, 0.2) is 36.7 Å². The van der Waals surface area contributed by atoms with E-state index in [0.29, 0.717) is 5.82 Å². The van der Waals surface area contributed by atoms with Crippen molar-refractivity contribution in [2.24, 2.45) is 0 Å². The van der Waals surface area contributed by atoms with Crippen LogP contribution >= 0.6 is 11.6 Å². The molecule has 6 heteroatoms. The fourth-order valence-corrected chi connectivity index (χ4v) is 2.19. The van der Waals surface area contributed by atoms with Crippen molar-refractivity contribution in [1.82, 2.24) is 19.9 Å². The lowest BCUT2D eigenvalue weighted by atomic mass is 10.1. The molecule has 2 heterocycles. The minimum Gasteiger partial charge on any atom is -0.461 e. The second-order valence-electron chi connectivity index (χ2n) is 4.78. The molecular formula is C15H13ClN4O. The summed E-state index contributed by atoms with van der Waals surface area (Å²) in [5.74, 6) is 0.488. The summed E-state index contributed by atoms with van der Waals surface area (Å²) in [7, 11) is 0. The molecule has 0 atom stereocenters.